The maximum absolute atomic E-state index is 13.0. The summed E-state index contributed by atoms with van der Waals surface area (Å²) in [5.41, 5.74) is 4.31. The maximum atomic E-state index is 13.0. The number of amides is 1. The molecule has 0 aromatic carbocycles. The molecule has 1 amide bonds. The second kappa shape index (κ2) is 5.26. The van der Waals surface area contributed by atoms with Crippen LogP contribution in [-0.2, 0) is 19.3 Å². The number of hydrogen-bond donors (Lipinski definition) is 0. The molecule has 0 bridgehead atoms. The highest BCUT2D eigenvalue weighted by atomic mass is 32.1. The Morgan fingerprint density at radius 1 is 1.19 bits per heavy atom. The SMILES string of the molecule is O=C(c1csc2c1CCCC2)N1CCCc2ncccc21. The lowest BCUT2D eigenvalue weighted by atomic mass is 9.95. The summed E-state index contributed by atoms with van der Waals surface area (Å²) in [5, 5.41) is 2.07. The fraction of sp³-hybridized carbons (Fsp3) is 0.412. The van der Waals surface area contributed by atoms with Gasteiger partial charge < -0.3 is 4.90 Å². The average molecular weight is 298 g/mol. The normalized spacial score (nSPS) is 17.2. The van der Waals surface area contributed by atoms with Crippen LogP contribution in [0.1, 0.15) is 45.8 Å². The standard InChI is InChI=1S/C17H18N2OS/c20-17(13-11-21-16-8-2-1-5-12(13)16)19-10-4-6-14-15(19)7-3-9-18-14/h3,7,9,11H,1-2,4-6,8,10H2. The molecule has 0 saturated heterocycles. The van der Waals surface area contributed by atoms with Crippen molar-refractivity contribution in [2.45, 2.75) is 38.5 Å². The number of fused-ring (bicyclic) bond motifs is 2. The molecular formula is C17H18N2OS. The van der Waals surface area contributed by atoms with Crippen LogP contribution in [0.25, 0.3) is 0 Å². The van der Waals surface area contributed by atoms with Gasteiger partial charge in [0.2, 0.25) is 0 Å². The molecule has 3 heterocycles. The number of carbonyl (C=O) groups is 1. The van der Waals surface area contributed by atoms with Crippen LogP contribution in [0.15, 0.2) is 23.7 Å². The molecular weight excluding hydrogens is 280 g/mol. The predicted octanol–water partition coefficient (Wildman–Crippen LogP) is 3.61. The molecule has 0 radical (unpaired) electrons. The number of aromatic nitrogens is 1. The van der Waals surface area contributed by atoms with Gasteiger partial charge in [0.05, 0.1) is 16.9 Å². The van der Waals surface area contributed by atoms with Gasteiger partial charge in [0.15, 0.2) is 0 Å². The van der Waals surface area contributed by atoms with E-state index in [0.717, 1.165) is 49.2 Å². The maximum Gasteiger partial charge on any atom is 0.259 e. The van der Waals surface area contributed by atoms with E-state index in [4.69, 9.17) is 0 Å². The van der Waals surface area contributed by atoms with Crippen molar-refractivity contribution >= 4 is 22.9 Å². The summed E-state index contributed by atoms with van der Waals surface area (Å²) in [6.45, 7) is 0.808. The van der Waals surface area contributed by atoms with E-state index in [9.17, 15) is 4.79 Å². The van der Waals surface area contributed by atoms with Gasteiger partial charge in [-0.25, -0.2) is 0 Å². The first-order valence-corrected chi connectivity index (χ1v) is 8.57. The van der Waals surface area contributed by atoms with Gasteiger partial charge in [-0.3, -0.25) is 9.78 Å². The zero-order valence-corrected chi connectivity index (χ0v) is 12.8. The third kappa shape index (κ3) is 2.18. The molecule has 0 spiro atoms. The largest absolute Gasteiger partial charge is 0.307 e. The van der Waals surface area contributed by atoms with E-state index in [1.807, 2.05) is 23.2 Å². The molecule has 1 aliphatic carbocycles. The van der Waals surface area contributed by atoms with Crippen LogP contribution in [0, 0.1) is 0 Å². The number of thiophene rings is 1. The lowest BCUT2D eigenvalue weighted by molar-refractivity contribution is 0.0984. The Hall–Kier alpha value is -1.68. The topological polar surface area (TPSA) is 33.2 Å². The summed E-state index contributed by atoms with van der Waals surface area (Å²) in [4.78, 5) is 20.8. The van der Waals surface area contributed by atoms with Crippen LogP contribution < -0.4 is 4.90 Å². The summed E-state index contributed by atoms with van der Waals surface area (Å²) in [7, 11) is 0. The van der Waals surface area contributed by atoms with Gasteiger partial charge in [-0.1, -0.05) is 0 Å². The van der Waals surface area contributed by atoms with Crippen molar-refractivity contribution < 1.29 is 4.79 Å². The highest BCUT2D eigenvalue weighted by molar-refractivity contribution is 7.10. The van der Waals surface area contributed by atoms with Crippen molar-refractivity contribution in [3.05, 3.63) is 45.4 Å². The molecule has 4 heteroatoms. The van der Waals surface area contributed by atoms with Crippen LogP contribution >= 0.6 is 11.3 Å². The van der Waals surface area contributed by atoms with E-state index >= 15 is 0 Å². The van der Waals surface area contributed by atoms with Crippen LogP contribution in [-0.4, -0.2) is 17.4 Å². The van der Waals surface area contributed by atoms with Gasteiger partial charge in [-0.15, -0.1) is 11.3 Å². The quantitative estimate of drug-likeness (QED) is 0.805. The van der Waals surface area contributed by atoms with Gasteiger partial charge in [-0.2, -0.15) is 0 Å². The van der Waals surface area contributed by atoms with E-state index in [2.05, 4.69) is 10.4 Å². The second-order valence-corrected chi connectivity index (χ2v) is 6.75. The highest BCUT2D eigenvalue weighted by Crippen LogP contribution is 2.33. The molecule has 2 aromatic heterocycles. The monoisotopic (exact) mass is 298 g/mol. The fourth-order valence-electron chi connectivity index (χ4n) is 3.42. The zero-order chi connectivity index (χ0) is 14.2. The Kier molecular flexibility index (Phi) is 3.26. The van der Waals surface area contributed by atoms with Gasteiger partial charge >= 0.3 is 0 Å². The number of aryl methyl sites for hydroxylation is 2. The minimum absolute atomic E-state index is 0.170. The smallest absolute Gasteiger partial charge is 0.259 e. The Morgan fingerprint density at radius 2 is 2.10 bits per heavy atom. The molecule has 0 N–H and O–H groups in total. The van der Waals surface area contributed by atoms with Crippen molar-refractivity contribution in [1.82, 2.24) is 4.98 Å². The number of hydrogen-bond acceptors (Lipinski definition) is 3. The van der Waals surface area contributed by atoms with Gasteiger partial charge in [-0.05, 0) is 56.2 Å². The Balaban J connectivity index is 1.71. The average Bonchev–Trinajstić information content (AvgIpc) is 2.98. The van der Waals surface area contributed by atoms with Gasteiger partial charge in [0, 0.05) is 23.0 Å². The second-order valence-electron chi connectivity index (χ2n) is 5.79. The highest BCUT2D eigenvalue weighted by Gasteiger charge is 2.28. The van der Waals surface area contributed by atoms with E-state index in [-0.39, 0.29) is 5.91 Å². The van der Waals surface area contributed by atoms with Crippen LogP contribution in [0.3, 0.4) is 0 Å². The third-order valence-electron chi connectivity index (χ3n) is 4.49. The van der Waals surface area contributed by atoms with E-state index in [0.29, 0.717) is 0 Å². The van der Waals surface area contributed by atoms with Crippen molar-refractivity contribution in [2.75, 3.05) is 11.4 Å². The molecule has 21 heavy (non-hydrogen) atoms. The fourth-order valence-corrected chi connectivity index (χ4v) is 4.54. The third-order valence-corrected chi connectivity index (χ3v) is 5.58. The number of nitrogens with zero attached hydrogens (tertiary/aromatic N) is 2. The predicted molar refractivity (Wildman–Crippen MR) is 85.2 cm³/mol. The molecule has 0 unspecified atom stereocenters. The first-order valence-electron chi connectivity index (χ1n) is 7.69. The molecule has 108 valence electrons. The zero-order valence-electron chi connectivity index (χ0n) is 12.0. The van der Waals surface area contributed by atoms with Crippen molar-refractivity contribution in [3.63, 3.8) is 0 Å². The Morgan fingerprint density at radius 3 is 3.05 bits per heavy atom. The first kappa shape index (κ1) is 13.0. The molecule has 3 nitrogen and oxygen atoms in total. The van der Waals surface area contributed by atoms with E-state index < -0.39 is 0 Å². The van der Waals surface area contributed by atoms with Crippen molar-refractivity contribution in [2.24, 2.45) is 0 Å². The molecule has 2 aromatic rings. The summed E-state index contributed by atoms with van der Waals surface area (Å²) >= 11 is 1.76. The lowest BCUT2D eigenvalue weighted by Crippen LogP contribution is -2.36. The van der Waals surface area contributed by atoms with Gasteiger partial charge in [0.25, 0.3) is 5.91 Å². The molecule has 2 aliphatic rings. The molecule has 0 fully saturated rings. The number of pyridine rings is 1. The van der Waals surface area contributed by atoms with E-state index in [1.165, 1.54) is 23.3 Å². The van der Waals surface area contributed by atoms with Crippen LogP contribution in [0.4, 0.5) is 5.69 Å². The first-order chi connectivity index (χ1) is 10.3. The number of carbonyl (C=O) groups excluding carboxylic acids is 1. The van der Waals surface area contributed by atoms with Crippen LogP contribution in [0.5, 0.6) is 0 Å². The van der Waals surface area contributed by atoms with Crippen molar-refractivity contribution in [3.8, 4) is 0 Å². The minimum atomic E-state index is 0.170. The molecule has 0 saturated carbocycles. The summed E-state index contributed by atoms with van der Waals surface area (Å²) in [6.07, 6.45) is 8.47. The summed E-state index contributed by atoms with van der Waals surface area (Å²) in [5.74, 6) is 0.170. The number of rotatable bonds is 1. The molecule has 0 atom stereocenters. The summed E-state index contributed by atoms with van der Waals surface area (Å²) in [6, 6.07) is 3.95. The van der Waals surface area contributed by atoms with Gasteiger partial charge in [0.1, 0.15) is 0 Å². The Bertz CT molecular complexity index is 692. The Labute approximate surface area is 128 Å². The van der Waals surface area contributed by atoms with Crippen LogP contribution in [0.2, 0.25) is 0 Å². The summed E-state index contributed by atoms with van der Waals surface area (Å²) < 4.78 is 0. The van der Waals surface area contributed by atoms with E-state index in [1.54, 1.807) is 11.3 Å². The minimum Gasteiger partial charge on any atom is -0.307 e. The number of anilines is 1. The molecule has 4 rings (SSSR count). The lowest BCUT2D eigenvalue weighted by Gasteiger charge is -2.29. The molecule has 1 aliphatic heterocycles. The van der Waals surface area contributed by atoms with Crippen molar-refractivity contribution in [1.29, 1.82) is 0 Å².